The van der Waals surface area contributed by atoms with E-state index in [9.17, 15) is 16.8 Å². The van der Waals surface area contributed by atoms with E-state index in [2.05, 4.69) is 20.9 Å². The van der Waals surface area contributed by atoms with Crippen molar-refractivity contribution in [3.8, 4) is 11.5 Å². The van der Waals surface area contributed by atoms with E-state index >= 15 is 0 Å². The third-order valence-corrected chi connectivity index (χ3v) is 5.75. The summed E-state index contributed by atoms with van der Waals surface area (Å²) < 4.78 is 52.9. The van der Waals surface area contributed by atoms with E-state index in [1.54, 1.807) is 0 Å². The zero-order chi connectivity index (χ0) is 17.4. The van der Waals surface area contributed by atoms with Gasteiger partial charge in [0.1, 0.15) is 20.4 Å². The quantitative estimate of drug-likeness (QED) is 0.679. The van der Waals surface area contributed by atoms with Crippen LogP contribution in [0.2, 0.25) is 5.15 Å². The minimum Gasteiger partial charge on any atom is -0.453 e. The van der Waals surface area contributed by atoms with Gasteiger partial charge >= 0.3 is 0 Å². The summed E-state index contributed by atoms with van der Waals surface area (Å²) in [4.78, 5) is 3.58. The Kier molecular flexibility index (Phi) is 5.05. The topological polar surface area (TPSA) is 90.4 Å². The lowest BCUT2D eigenvalue weighted by molar-refractivity contribution is 0.461. The molecule has 0 unspecified atom stereocenters. The molecule has 2 aromatic rings. The molecule has 0 radical (unpaired) electrons. The molecule has 0 fully saturated rings. The van der Waals surface area contributed by atoms with Crippen LogP contribution in [-0.4, -0.2) is 34.3 Å². The molecule has 0 saturated heterocycles. The predicted octanol–water partition coefficient (Wildman–Crippen LogP) is 3.10. The number of aromatic nitrogens is 1. The summed E-state index contributed by atoms with van der Waals surface area (Å²) in [7, 11) is -7.26. The van der Waals surface area contributed by atoms with Crippen molar-refractivity contribution in [3.05, 3.63) is 40.1 Å². The first kappa shape index (κ1) is 18.2. The van der Waals surface area contributed by atoms with Crippen LogP contribution in [0.4, 0.5) is 0 Å². The Bertz CT molecular complexity index is 974. The molecule has 1 aromatic heterocycles. The molecule has 10 heteroatoms. The van der Waals surface area contributed by atoms with E-state index in [0.717, 1.165) is 18.6 Å². The third kappa shape index (κ3) is 4.43. The number of sulfone groups is 2. The second-order valence-electron chi connectivity index (χ2n) is 4.68. The van der Waals surface area contributed by atoms with Crippen LogP contribution < -0.4 is 4.74 Å². The van der Waals surface area contributed by atoms with Crippen molar-refractivity contribution in [2.75, 3.05) is 12.5 Å². The SMILES string of the molecule is CS(=O)(=O)c1ccc(Oc2ccc(Cl)nc2Br)c(S(C)(=O)=O)c1. The van der Waals surface area contributed by atoms with Crippen LogP contribution in [-0.2, 0) is 19.7 Å². The largest absolute Gasteiger partial charge is 0.453 e. The first-order chi connectivity index (χ1) is 10.5. The Morgan fingerprint density at radius 1 is 1.00 bits per heavy atom. The van der Waals surface area contributed by atoms with Crippen LogP contribution in [0.25, 0.3) is 0 Å². The Morgan fingerprint density at radius 3 is 2.13 bits per heavy atom. The highest BCUT2D eigenvalue weighted by Gasteiger charge is 2.20. The lowest BCUT2D eigenvalue weighted by atomic mass is 10.3. The number of rotatable bonds is 4. The average Bonchev–Trinajstić information content (AvgIpc) is 2.40. The molecule has 124 valence electrons. The molecule has 6 nitrogen and oxygen atoms in total. The van der Waals surface area contributed by atoms with E-state index in [1.165, 1.54) is 24.3 Å². The summed E-state index contributed by atoms with van der Waals surface area (Å²) in [5.74, 6) is 0.233. The molecule has 0 atom stereocenters. The smallest absolute Gasteiger partial charge is 0.179 e. The summed E-state index contributed by atoms with van der Waals surface area (Å²) in [5, 5.41) is 0.236. The second kappa shape index (κ2) is 6.39. The van der Waals surface area contributed by atoms with Gasteiger partial charge in [-0.05, 0) is 46.3 Å². The molecule has 0 saturated carbocycles. The molecule has 0 spiro atoms. The van der Waals surface area contributed by atoms with Gasteiger partial charge in [-0.15, -0.1) is 0 Å². The minimum absolute atomic E-state index is 0.00952. The molecule has 0 amide bonds. The fraction of sp³-hybridized carbons (Fsp3) is 0.154. The molecule has 0 aliphatic heterocycles. The second-order valence-corrected chi connectivity index (χ2v) is 9.82. The Hall–Kier alpha value is -1.16. The summed E-state index contributed by atoms with van der Waals surface area (Å²) in [6.07, 6.45) is 1.96. The van der Waals surface area contributed by atoms with Crippen LogP contribution in [0.3, 0.4) is 0 Å². The molecule has 0 aliphatic rings. The van der Waals surface area contributed by atoms with Crippen molar-refractivity contribution in [3.63, 3.8) is 0 Å². The first-order valence-electron chi connectivity index (χ1n) is 6.02. The molecule has 0 aliphatic carbocycles. The Balaban J connectivity index is 2.58. The number of hydrogen-bond donors (Lipinski definition) is 0. The maximum atomic E-state index is 11.9. The van der Waals surface area contributed by atoms with E-state index in [0.29, 0.717) is 0 Å². The highest BCUT2D eigenvalue weighted by molar-refractivity contribution is 9.10. The zero-order valence-electron chi connectivity index (χ0n) is 11.9. The van der Waals surface area contributed by atoms with Gasteiger partial charge in [0, 0.05) is 12.5 Å². The summed E-state index contributed by atoms with van der Waals surface area (Å²) in [6, 6.07) is 6.62. The summed E-state index contributed by atoms with van der Waals surface area (Å²) in [5.41, 5.74) is 0. The summed E-state index contributed by atoms with van der Waals surface area (Å²) in [6.45, 7) is 0. The highest BCUT2D eigenvalue weighted by atomic mass is 79.9. The predicted molar refractivity (Wildman–Crippen MR) is 89.7 cm³/mol. The summed E-state index contributed by atoms with van der Waals surface area (Å²) >= 11 is 8.90. The maximum absolute atomic E-state index is 11.9. The van der Waals surface area contributed by atoms with E-state index in [1.807, 2.05) is 0 Å². The minimum atomic E-state index is -3.71. The van der Waals surface area contributed by atoms with Gasteiger partial charge < -0.3 is 4.74 Å². The van der Waals surface area contributed by atoms with Gasteiger partial charge in [0.05, 0.1) is 4.90 Å². The molecule has 1 heterocycles. The zero-order valence-corrected chi connectivity index (χ0v) is 15.9. The van der Waals surface area contributed by atoms with Crippen molar-refractivity contribution >= 4 is 47.2 Å². The van der Waals surface area contributed by atoms with Crippen LogP contribution in [0.5, 0.6) is 11.5 Å². The number of nitrogens with zero attached hydrogens (tertiary/aromatic N) is 1. The first-order valence-corrected chi connectivity index (χ1v) is 11.0. The lowest BCUT2D eigenvalue weighted by Crippen LogP contribution is -2.04. The standard InChI is InChI=1S/C13H11BrClNO5S2/c1-22(17,18)8-3-4-9(11(7-8)23(2,19)20)21-10-5-6-12(15)16-13(10)14/h3-7H,1-2H3. The van der Waals surface area contributed by atoms with Gasteiger partial charge in [0.25, 0.3) is 0 Å². The molecule has 2 rings (SSSR count). The van der Waals surface area contributed by atoms with E-state index < -0.39 is 19.7 Å². The molecular weight excluding hydrogens is 430 g/mol. The average molecular weight is 441 g/mol. The van der Waals surface area contributed by atoms with Crippen LogP contribution in [0.15, 0.2) is 44.7 Å². The molecule has 0 bridgehead atoms. The third-order valence-electron chi connectivity index (χ3n) is 2.74. The van der Waals surface area contributed by atoms with Crippen molar-refractivity contribution < 1.29 is 21.6 Å². The fourth-order valence-electron chi connectivity index (χ4n) is 1.69. The van der Waals surface area contributed by atoms with E-state index in [-0.39, 0.29) is 31.0 Å². The number of benzene rings is 1. The number of halogens is 2. The van der Waals surface area contributed by atoms with Gasteiger partial charge in [-0.2, -0.15) is 0 Å². The number of ether oxygens (including phenoxy) is 1. The number of pyridine rings is 1. The van der Waals surface area contributed by atoms with Gasteiger partial charge in [-0.3, -0.25) is 0 Å². The number of hydrogen-bond acceptors (Lipinski definition) is 6. The van der Waals surface area contributed by atoms with Gasteiger partial charge in [-0.25, -0.2) is 21.8 Å². The fourth-order valence-corrected chi connectivity index (χ4v) is 3.88. The molecule has 0 N–H and O–H groups in total. The van der Waals surface area contributed by atoms with Crippen LogP contribution in [0.1, 0.15) is 0 Å². The normalized spacial score (nSPS) is 12.2. The molecule has 23 heavy (non-hydrogen) atoms. The van der Waals surface area contributed by atoms with Crippen molar-refractivity contribution in [1.29, 1.82) is 0 Å². The van der Waals surface area contributed by atoms with Gasteiger partial charge in [0.15, 0.2) is 25.4 Å². The Morgan fingerprint density at radius 2 is 1.61 bits per heavy atom. The van der Waals surface area contributed by atoms with Crippen molar-refractivity contribution in [2.24, 2.45) is 0 Å². The Labute approximate surface area is 147 Å². The molecular formula is C13H11BrClNO5S2. The monoisotopic (exact) mass is 439 g/mol. The van der Waals surface area contributed by atoms with E-state index in [4.69, 9.17) is 16.3 Å². The molecule has 1 aromatic carbocycles. The van der Waals surface area contributed by atoms with Gasteiger partial charge in [0.2, 0.25) is 0 Å². The van der Waals surface area contributed by atoms with Crippen LogP contribution in [0, 0.1) is 0 Å². The van der Waals surface area contributed by atoms with Crippen molar-refractivity contribution in [1.82, 2.24) is 4.98 Å². The van der Waals surface area contributed by atoms with Gasteiger partial charge in [-0.1, -0.05) is 11.6 Å². The van der Waals surface area contributed by atoms with Crippen molar-refractivity contribution in [2.45, 2.75) is 9.79 Å². The lowest BCUT2D eigenvalue weighted by Gasteiger charge is -2.12. The van der Waals surface area contributed by atoms with Crippen LogP contribution >= 0.6 is 27.5 Å². The highest BCUT2D eigenvalue weighted by Crippen LogP contribution is 2.34. The maximum Gasteiger partial charge on any atom is 0.179 e.